The molecular formula is C18H23N5O3S. The van der Waals surface area contributed by atoms with E-state index in [1.165, 1.54) is 17.0 Å². The van der Waals surface area contributed by atoms with E-state index in [1.807, 2.05) is 0 Å². The number of hydrogen-bond donors (Lipinski definition) is 2. The van der Waals surface area contributed by atoms with Crippen LogP contribution in [0, 0.1) is 0 Å². The molecule has 0 radical (unpaired) electrons. The Morgan fingerprint density at radius 2 is 1.85 bits per heavy atom. The third-order valence-electron chi connectivity index (χ3n) is 4.43. The lowest BCUT2D eigenvalue weighted by molar-refractivity contribution is -0.117. The molecular weight excluding hydrogens is 366 g/mol. The van der Waals surface area contributed by atoms with Gasteiger partial charge < -0.3 is 10.2 Å². The van der Waals surface area contributed by atoms with Gasteiger partial charge in [-0.2, -0.15) is 0 Å². The zero-order valence-corrected chi connectivity index (χ0v) is 16.2. The number of nitrogens with zero attached hydrogens (tertiary/aromatic N) is 3. The summed E-state index contributed by atoms with van der Waals surface area (Å²) in [5.41, 5.74) is 1.43. The molecule has 144 valence electrons. The Labute approximate surface area is 159 Å². The maximum atomic E-state index is 12.6. The third kappa shape index (κ3) is 4.36. The molecule has 9 heteroatoms. The number of carbonyl (C=O) groups is 1. The standard InChI is InChI=1S/C18H23N5O3S/c1-3-4-5-10-19-16-8-9-17(21-20-16)22-27(25,26)14-6-7-15-13(11-14)12-18(24)23(15)2/h6-9,11H,3-5,10,12H2,1-2H3,(H,19,20)(H,21,22). The van der Waals surface area contributed by atoms with Crippen molar-refractivity contribution in [1.82, 2.24) is 10.2 Å². The lowest BCUT2D eigenvalue weighted by atomic mass is 10.2. The van der Waals surface area contributed by atoms with E-state index in [1.54, 1.807) is 25.2 Å². The van der Waals surface area contributed by atoms with Gasteiger partial charge in [0.05, 0.1) is 11.3 Å². The second-order valence-electron chi connectivity index (χ2n) is 6.46. The van der Waals surface area contributed by atoms with Crippen molar-refractivity contribution in [3.8, 4) is 0 Å². The van der Waals surface area contributed by atoms with Crippen molar-refractivity contribution >= 4 is 33.3 Å². The Hall–Kier alpha value is -2.68. The molecule has 1 aromatic carbocycles. The number of aromatic nitrogens is 2. The summed E-state index contributed by atoms with van der Waals surface area (Å²) in [4.78, 5) is 13.4. The molecule has 1 amide bonds. The van der Waals surface area contributed by atoms with E-state index < -0.39 is 10.0 Å². The Morgan fingerprint density at radius 1 is 1.11 bits per heavy atom. The van der Waals surface area contributed by atoms with Crippen LogP contribution in [-0.2, 0) is 21.2 Å². The van der Waals surface area contributed by atoms with Crippen LogP contribution in [0.1, 0.15) is 31.7 Å². The van der Waals surface area contributed by atoms with Crippen LogP contribution in [-0.4, -0.2) is 38.1 Å². The monoisotopic (exact) mass is 389 g/mol. The van der Waals surface area contributed by atoms with E-state index in [0.717, 1.165) is 31.5 Å². The smallest absolute Gasteiger partial charge is 0.263 e. The molecule has 0 atom stereocenters. The highest BCUT2D eigenvalue weighted by atomic mass is 32.2. The van der Waals surface area contributed by atoms with Crippen molar-refractivity contribution in [2.45, 2.75) is 37.5 Å². The number of likely N-dealkylation sites (N-methyl/N-ethyl adjacent to an activating group) is 1. The molecule has 3 rings (SSSR count). The zero-order valence-electron chi connectivity index (χ0n) is 15.4. The number of benzene rings is 1. The summed E-state index contributed by atoms with van der Waals surface area (Å²) in [7, 11) is -2.14. The fourth-order valence-corrected chi connectivity index (χ4v) is 3.93. The van der Waals surface area contributed by atoms with Crippen LogP contribution in [0.2, 0.25) is 0 Å². The van der Waals surface area contributed by atoms with Crippen molar-refractivity contribution in [3.63, 3.8) is 0 Å². The van der Waals surface area contributed by atoms with Crippen molar-refractivity contribution in [1.29, 1.82) is 0 Å². The van der Waals surface area contributed by atoms with Crippen LogP contribution in [0.3, 0.4) is 0 Å². The van der Waals surface area contributed by atoms with Crippen LogP contribution in [0.4, 0.5) is 17.3 Å². The minimum absolute atomic E-state index is 0.0552. The third-order valence-corrected chi connectivity index (χ3v) is 5.78. The second-order valence-corrected chi connectivity index (χ2v) is 8.15. The zero-order chi connectivity index (χ0) is 19.4. The average molecular weight is 389 g/mol. The fourth-order valence-electron chi connectivity index (χ4n) is 2.88. The number of hydrogen-bond acceptors (Lipinski definition) is 6. The van der Waals surface area contributed by atoms with Gasteiger partial charge in [0.1, 0.15) is 5.82 Å². The highest BCUT2D eigenvalue weighted by Gasteiger charge is 2.26. The highest BCUT2D eigenvalue weighted by molar-refractivity contribution is 7.92. The van der Waals surface area contributed by atoms with Gasteiger partial charge in [-0.3, -0.25) is 9.52 Å². The van der Waals surface area contributed by atoms with Crippen LogP contribution in [0.25, 0.3) is 0 Å². The molecule has 0 saturated carbocycles. The molecule has 27 heavy (non-hydrogen) atoms. The first-order valence-corrected chi connectivity index (χ1v) is 10.4. The minimum Gasteiger partial charge on any atom is -0.369 e. The lowest BCUT2D eigenvalue weighted by Crippen LogP contribution is -2.20. The first-order chi connectivity index (χ1) is 12.9. The summed E-state index contributed by atoms with van der Waals surface area (Å²) >= 11 is 0. The topological polar surface area (TPSA) is 104 Å². The fraction of sp³-hybridized carbons (Fsp3) is 0.389. The number of fused-ring (bicyclic) bond motifs is 1. The Bertz CT molecular complexity index is 929. The van der Waals surface area contributed by atoms with Crippen LogP contribution < -0.4 is 14.9 Å². The summed E-state index contributed by atoms with van der Waals surface area (Å²) in [5.74, 6) is 0.691. The first kappa shape index (κ1) is 19.1. The van der Waals surface area contributed by atoms with Crippen molar-refractivity contribution in [3.05, 3.63) is 35.9 Å². The molecule has 0 unspecified atom stereocenters. The number of sulfonamides is 1. The van der Waals surface area contributed by atoms with Gasteiger partial charge in [-0.1, -0.05) is 19.8 Å². The predicted molar refractivity (Wildman–Crippen MR) is 104 cm³/mol. The molecule has 0 fully saturated rings. The van der Waals surface area contributed by atoms with Gasteiger partial charge >= 0.3 is 0 Å². The molecule has 2 heterocycles. The van der Waals surface area contributed by atoms with Crippen LogP contribution in [0.5, 0.6) is 0 Å². The number of rotatable bonds is 8. The lowest BCUT2D eigenvalue weighted by Gasteiger charge is -2.11. The summed E-state index contributed by atoms with van der Waals surface area (Å²) in [6.45, 7) is 2.94. The van der Waals surface area contributed by atoms with Gasteiger partial charge in [0, 0.05) is 19.3 Å². The molecule has 0 saturated heterocycles. The van der Waals surface area contributed by atoms with Crippen molar-refractivity contribution < 1.29 is 13.2 Å². The molecule has 0 bridgehead atoms. The van der Waals surface area contributed by atoms with Gasteiger partial charge in [0.15, 0.2) is 5.82 Å². The SMILES string of the molecule is CCCCCNc1ccc(NS(=O)(=O)c2ccc3c(c2)CC(=O)N3C)nn1. The molecule has 2 aromatic rings. The van der Waals surface area contributed by atoms with E-state index >= 15 is 0 Å². The number of anilines is 3. The Morgan fingerprint density at radius 3 is 2.56 bits per heavy atom. The number of carbonyl (C=O) groups excluding carboxylic acids is 1. The highest BCUT2D eigenvalue weighted by Crippen LogP contribution is 2.30. The Kier molecular flexibility index (Phi) is 5.59. The molecule has 0 spiro atoms. The predicted octanol–water partition coefficient (Wildman–Crippen LogP) is 2.40. The summed E-state index contributed by atoms with van der Waals surface area (Å²) in [6.07, 6.45) is 3.53. The largest absolute Gasteiger partial charge is 0.369 e. The van der Waals surface area contributed by atoms with E-state index in [4.69, 9.17) is 0 Å². The summed E-state index contributed by atoms with van der Waals surface area (Å²) < 4.78 is 27.6. The van der Waals surface area contributed by atoms with E-state index in [0.29, 0.717) is 11.4 Å². The maximum absolute atomic E-state index is 12.6. The Balaban J connectivity index is 1.68. The van der Waals surface area contributed by atoms with E-state index in [2.05, 4.69) is 27.2 Å². The molecule has 1 aromatic heterocycles. The summed E-state index contributed by atoms with van der Waals surface area (Å²) in [5, 5.41) is 11.1. The first-order valence-electron chi connectivity index (χ1n) is 8.90. The number of amides is 1. The van der Waals surface area contributed by atoms with Crippen molar-refractivity contribution in [2.75, 3.05) is 28.5 Å². The number of nitrogens with one attached hydrogen (secondary N) is 2. The van der Waals surface area contributed by atoms with Gasteiger partial charge in [-0.25, -0.2) is 8.42 Å². The number of unbranched alkanes of at least 4 members (excludes halogenated alkanes) is 2. The van der Waals surface area contributed by atoms with Gasteiger partial charge in [-0.05, 0) is 42.3 Å². The molecule has 8 nitrogen and oxygen atoms in total. The van der Waals surface area contributed by atoms with Crippen LogP contribution >= 0.6 is 0 Å². The van der Waals surface area contributed by atoms with Crippen molar-refractivity contribution in [2.24, 2.45) is 0 Å². The van der Waals surface area contributed by atoms with Gasteiger partial charge in [0.2, 0.25) is 5.91 Å². The minimum atomic E-state index is -3.81. The van der Waals surface area contributed by atoms with Gasteiger partial charge in [0.25, 0.3) is 10.0 Å². The van der Waals surface area contributed by atoms with Crippen LogP contribution in [0.15, 0.2) is 35.2 Å². The quantitative estimate of drug-likeness (QED) is 0.672. The average Bonchev–Trinajstić information content (AvgIpc) is 2.93. The second kappa shape index (κ2) is 7.91. The normalized spacial score (nSPS) is 13.6. The maximum Gasteiger partial charge on any atom is 0.263 e. The molecule has 0 aliphatic carbocycles. The molecule has 1 aliphatic heterocycles. The van der Waals surface area contributed by atoms with Gasteiger partial charge in [-0.15, -0.1) is 10.2 Å². The van der Waals surface area contributed by atoms with E-state index in [-0.39, 0.29) is 23.0 Å². The summed E-state index contributed by atoms with van der Waals surface area (Å²) in [6, 6.07) is 7.90. The molecule has 1 aliphatic rings. The van der Waals surface area contributed by atoms with E-state index in [9.17, 15) is 13.2 Å². The molecule has 2 N–H and O–H groups in total.